The molecule has 0 saturated carbocycles. The summed E-state index contributed by atoms with van der Waals surface area (Å²) in [5, 5.41) is 4.63. The molecule has 4 rings (SSSR count). The molecule has 2 heterocycles. The largest absolute Gasteiger partial charge is 0.379 e. The molecule has 174 valence electrons. The first-order chi connectivity index (χ1) is 16.1. The monoisotopic (exact) mass is 479 g/mol. The number of rotatable bonds is 6. The average Bonchev–Trinajstić information content (AvgIpc) is 3.08. The molecular weight excluding hydrogens is 446 g/mol. The van der Waals surface area contributed by atoms with Gasteiger partial charge in [-0.05, 0) is 55.7 Å². The first-order valence-corrected chi connectivity index (χ1v) is 13.0. The van der Waals surface area contributed by atoms with Crippen LogP contribution in [0.5, 0.6) is 0 Å². The number of amidine groups is 1. The van der Waals surface area contributed by atoms with E-state index < -0.39 is 0 Å². The fraction of sp³-hybridized carbons (Fsp3) is 0.346. The van der Waals surface area contributed by atoms with Gasteiger partial charge in [-0.2, -0.15) is 12.6 Å². The van der Waals surface area contributed by atoms with Gasteiger partial charge in [-0.3, -0.25) is 9.97 Å². The molecule has 1 aliphatic heterocycles. The van der Waals surface area contributed by atoms with Crippen molar-refractivity contribution in [3.8, 4) is 0 Å². The number of aliphatic imine (C=N–C) groups is 1. The first-order valence-electron chi connectivity index (χ1n) is 11.3. The summed E-state index contributed by atoms with van der Waals surface area (Å²) in [6.07, 6.45) is 20.1. The van der Waals surface area contributed by atoms with Crippen LogP contribution in [0.3, 0.4) is 0 Å². The number of benzene rings is 1. The lowest BCUT2D eigenvalue weighted by molar-refractivity contribution is 0.662. The van der Waals surface area contributed by atoms with Gasteiger partial charge < -0.3 is 11.1 Å². The molecule has 0 bridgehead atoms. The van der Waals surface area contributed by atoms with Crippen LogP contribution in [0.1, 0.15) is 39.2 Å². The number of hydrogen-bond acceptors (Lipinski definition) is 7. The molecule has 0 saturated heterocycles. The van der Waals surface area contributed by atoms with Crippen molar-refractivity contribution in [2.24, 2.45) is 16.6 Å². The maximum atomic E-state index is 6.02. The standard InChI is InChI=1S/C25H29N5S.CH4S/c1-4-6-7-8-18(5-2)29-19-14-20(24-22(15-19)27-9-10-28-24)17-11-16(3)12-23-21(13-17)30-25(26)31-23;1-2/h4,6-11,13-16,18,23,29H,5,12H2,1-3H3,(H2,26,30);2H,1H3/b6-4-,8-7-;/t16-,18?,23?;/m1./s1. The number of thiol groups is 1. The first kappa shape index (κ1) is 25.1. The summed E-state index contributed by atoms with van der Waals surface area (Å²) < 4.78 is 0. The van der Waals surface area contributed by atoms with Gasteiger partial charge in [-0.15, -0.1) is 0 Å². The third-order valence-electron chi connectivity index (χ3n) is 5.51. The smallest absolute Gasteiger partial charge is 0.159 e. The summed E-state index contributed by atoms with van der Waals surface area (Å²) in [5.74, 6) is 0.415. The van der Waals surface area contributed by atoms with Crippen molar-refractivity contribution in [1.29, 1.82) is 0 Å². The van der Waals surface area contributed by atoms with Gasteiger partial charge in [0.2, 0.25) is 0 Å². The van der Waals surface area contributed by atoms with E-state index in [0.29, 0.717) is 16.3 Å². The van der Waals surface area contributed by atoms with E-state index >= 15 is 0 Å². The molecule has 2 aliphatic rings. The van der Waals surface area contributed by atoms with E-state index in [1.54, 1.807) is 30.4 Å². The van der Waals surface area contributed by atoms with Gasteiger partial charge in [0.15, 0.2) is 5.17 Å². The predicted molar refractivity (Wildman–Crippen MR) is 149 cm³/mol. The Morgan fingerprint density at radius 3 is 2.79 bits per heavy atom. The van der Waals surface area contributed by atoms with Crippen LogP contribution >= 0.6 is 24.4 Å². The summed E-state index contributed by atoms with van der Waals surface area (Å²) in [6, 6.07) is 4.50. The molecule has 0 spiro atoms. The second-order valence-corrected chi connectivity index (χ2v) is 9.20. The zero-order chi connectivity index (χ0) is 23.8. The van der Waals surface area contributed by atoms with Crippen molar-refractivity contribution in [3.05, 3.63) is 72.2 Å². The summed E-state index contributed by atoms with van der Waals surface area (Å²) in [4.78, 5) is 13.9. The Balaban J connectivity index is 0.00000149. The molecule has 1 aromatic heterocycles. The lowest BCUT2D eigenvalue weighted by Crippen LogP contribution is -2.15. The normalized spacial score (nSPS) is 21.1. The van der Waals surface area contributed by atoms with Gasteiger partial charge in [0.25, 0.3) is 0 Å². The van der Waals surface area contributed by atoms with Gasteiger partial charge in [0, 0.05) is 29.7 Å². The minimum atomic E-state index is 0.235. The van der Waals surface area contributed by atoms with Crippen molar-refractivity contribution in [3.63, 3.8) is 0 Å². The molecule has 0 radical (unpaired) electrons. The molecule has 2 unspecified atom stereocenters. The number of nitrogens with two attached hydrogens (primary N) is 1. The van der Waals surface area contributed by atoms with Gasteiger partial charge in [-0.1, -0.05) is 56.0 Å². The molecule has 3 N–H and O–H groups in total. The highest BCUT2D eigenvalue weighted by Gasteiger charge is 2.28. The lowest BCUT2D eigenvalue weighted by Gasteiger charge is -2.17. The topological polar surface area (TPSA) is 76.2 Å². The van der Waals surface area contributed by atoms with Crippen LogP contribution in [0.25, 0.3) is 16.6 Å². The number of nitrogens with zero attached hydrogens (tertiary/aromatic N) is 3. The molecule has 5 nitrogen and oxygen atoms in total. The number of nitrogens with one attached hydrogen (secondary N) is 1. The van der Waals surface area contributed by atoms with Gasteiger partial charge in [0.05, 0.1) is 22.0 Å². The molecular formula is C26H33N5S2. The Hall–Kier alpha value is -2.51. The maximum Gasteiger partial charge on any atom is 0.159 e. The molecule has 0 fully saturated rings. The van der Waals surface area contributed by atoms with E-state index in [9.17, 15) is 0 Å². The molecule has 2 aromatic rings. The second kappa shape index (κ2) is 12.1. The highest BCUT2D eigenvalue weighted by atomic mass is 32.2. The van der Waals surface area contributed by atoms with E-state index in [-0.39, 0.29) is 6.04 Å². The van der Waals surface area contributed by atoms with Crippen molar-refractivity contribution in [2.75, 3.05) is 11.6 Å². The van der Waals surface area contributed by atoms with E-state index in [1.165, 1.54) is 0 Å². The summed E-state index contributed by atoms with van der Waals surface area (Å²) in [5.41, 5.74) is 12.1. The van der Waals surface area contributed by atoms with Crippen LogP contribution in [-0.2, 0) is 0 Å². The Labute approximate surface area is 206 Å². The van der Waals surface area contributed by atoms with Crippen LogP contribution < -0.4 is 11.1 Å². The van der Waals surface area contributed by atoms with Crippen molar-refractivity contribution in [2.45, 2.75) is 44.9 Å². The van der Waals surface area contributed by atoms with Gasteiger partial charge in [-0.25, -0.2) is 4.99 Å². The quantitative estimate of drug-likeness (QED) is 0.338. The Kier molecular flexibility index (Phi) is 9.21. The molecule has 0 amide bonds. The van der Waals surface area contributed by atoms with Gasteiger partial charge >= 0.3 is 0 Å². The van der Waals surface area contributed by atoms with Crippen LogP contribution in [0.4, 0.5) is 5.69 Å². The highest BCUT2D eigenvalue weighted by molar-refractivity contribution is 8.14. The Morgan fingerprint density at radius 1 is 1.24 bits per heavy atom. The maximum absolute atomic E-state index is 6.02. The minimum absolute atomic E-state index is 0.235. The molecule has 7 heteroatoms. The van der Waals surface area contributed by atoms with E-state index in [0.717, 1.165) is 46.4 Å². The van der Waals surface area contributed by atoms with Crippen molar-refractivity contribution < 1.29 is 0 Å². The zero-order valence-electron chi connectivity index (χ0n) is 19.7. The fourth-order valence-electron chi connectivity index (χ4n) is 4.00. The number of fused-ring (bicyclic) bond motifs is 2. The van der Waals surface area contributed by atoms with Crippen LogP contribution in [0, 0.1) is 5.92 Å². The molecule has 1 aliphatic carbocycles. The molecule has 1 aromatic carbocycles. The van der Waals surface area contributed by atoms with Crippen molar-refractivity contribution >= 4 is 51.9 Å². The van der Waals surface area contributed by atoms with Crippen molar-refractivity contribution in [1.82, 2.24) is 9.97 Å². The van der Waals surface area contributed by atoms with E-state index in [1.807, 2.05) is 19.1 Å². The SMILES string of the molecule is C/C=C\C=C/C(CC)Nc1cc(C2=C[C@@H](C)CC3SC(N)=NC3=C2)c2nccnc2c1.CS. The lowest BCUT2D eigenvalue weighted by atomic mass is 9.98. The minimum Gasteiger partial charge on any atom is -0.379 e. The third kappa shape index (κ3) is 6.30. The van der Waals surface area contributed by atoms with E-state index in [4.69, 9.17) is 5.73 Å². The van der Waals surface area contributed by atoms with Gasteiger partial charge in [0.1, 0.15) is 0 Å². The second-order valence-electron chi connectivity index (χ2n) is 7.98. The summed E-state index contributed by atoms with van der Waals surface area (Å²) >= 11 is 5.19. The number of allylic oxidation sites excluding steroid dienone is 6. The van der Waals surface area contributed by atoms with Crippen LogP contribution in [-0.4, -0.2) is 32.7 Å². The van der Waals surface area contributed by atoms with Crippen LogP contribution in [0.2, 0.25) is 0 Å². The fourth-order valence-corrected chi connectivity index (χ4v) is 5.09. The molecule has 33 heavy (non-hydrogen) atoms. The Morgan fingerprint density at radius 2 is 2.03 bits per heavy atom. The summed E-state index contributed by atoms with van der Waals surface area (Å²) in [7, 11) is 0. The van der Waals surface area contributed by atoms with E-state index in [2.05, 4.69) is 83.2 Å². The number of thioether (sulfide) groups is 1. The number of hydrogen-bond donors (Lipinski definition) is 3. The molecule has 3 atom stereocenters. The predicted octanol–water partition coefficient (Wildman–Crippen LogP) is 6.24. The third-order valence-corrected chi connectivity index (χ3v) is 6.56. The average molecular weight is 480 g/mol. The summed E-state index contributed by atoms with van der Waals surface area (Å²) in [6.45, 7) is 6.45. The van der Waals surface area contributed by atoms with Crippen LogP contribution in [0.15, 0.2) is 71.7 Å². The zero-order valence-corrected chi connectivity index (χ0v) is 21.4. The Bertz CT molecular complexity index is 1120. The number of aromatic nitrogens is 2. The number of anilines is 1. The highest BCUT2D eigenvalue weighted by Crippen LogP contribution is 2.39.